The lowest BCUT2D eigenvalue weighted by Crippen LogP contribution is -2.18. The number of hydrogen-bond acceptors (Lipinski definition) is 4. The van der Waals surface area contributed by atoms with E-state index in [2.05, 4.69) is 10.3 Å². The largest absolute Gasteiger partial charge is 0.381 e. The quantitative estimate of drug-likeness (QED) is 0.676. The Morgan fingerprint density at radius 1 is 1.33 bits per heavy atom. The highest BCUT2D eigenvalue weighted by atomic mass is 35.5. The summed E-state index contributed by atoms with van der Waals surface area (Å²) in [6.07, 6.45) is 2.33. The van der Waals surface area contributed by atoms with Gasteiger partial charge in [-0.25, -0.2) is 0 Å². The smallest absolute Gasteiger partial charge is 0.358 e. The number of hydrogen-bond donors (Lipinski definition) is 1. The van der Waals surface area contributed by atoms with Crippen molar-refractivity contribution in [2.24, 2.45) is 0 Å². The second-order valence-electron chi connectivity index (χ2n) is 3.95. The number of nitrogens with zero attached hydrogens (tertiary/aromatic N) is 3. The van der Waals surface area contributed by atoms with Crippen LogP contribution < -0.4 is 5.32 Å². The summed E-state index contributed by atoms with van der Waals surface area (Å²) in [6.45, 7) is -0.171. The summed E-state index contributed by atoms with van der Waals surface area (Å²) in [6, 6.07) is 2.87. The van der Waals surface area contributed by atoms with Crippen LogP contribution in [0, 0.1) is 10.1 Å². The van der Waals surface area contributed by atoms with Gasteiger partial charge in [-0.05, 0) is 22.0 Å². The van der Waals surface area contributed by atoms with Crippen LogP contribution in [0.5, 0.6) is 0 Å². The molecule has 1 aromatic heterocycles. The van der Waals surface area contributed by atoms with E-state index in [1.807, 2.05) is 0 Å². The zero-order chi connectivity index (χ0) is 15.6. The van der Waals surface area contributed by atoms with E-state index < -0.39 is 10.8 Å². The molecule has 21 heavy (non-hydrogen) atoms. The Balaban J connectivity index is 2.10. The van der Waals surface area contributed by atoms with Gasteiger partial charge in [0.05, 0.1) is 15.7 Å². The van der Waals surface area contributed by atoms with Crippen LogP contribution in [0.3, 0.4) is 0 Å². The molecule has 0 radical (unpaired) electrons. The van der Waals surface area contributed by atoms with E-state index >= 15 is 0 Å². The van der Waals surface area contributed by atoms with Crippen molar-refractivity contribution >= 4 is 52.2 Å². The second kappa shape index (κ2) is 6.30. The highest BCUT2D eigenvalue weighted by Crippen LogP contribution is 2.33. The lowest BCUT2D eigenvalue weighted by Gasteiger charge is -2.09. The molecular weight excluding hydrogens is 343 g/mol. The number of carbonyl (C=O) groups is 1. The molecule has 0 saturated heterocycles. The summed E-state index contributed by atoms with van der Waals surface area (Å²) in [5, 5.41) is 13.7. The SMILES string of the molecule is O=C(Cn1cnc([N+](=O)[O-])c1)Nc1c(Cl)cc(Cl)cc1Cl. The topological polar surface area (TPSA) is 90.1 Å². The Morgan fingerprint density at radius 2 is 1.95 bits per heavy atom. The second-order valence-corrected chi connectivity index (χ2v) is 5.20. The molecule has 0 aliphatic carbocycles. The van der Waals surface area contributed by atoms with Crippen molar-refractivity contribution in [3.63, 3.8) is 0 Å². The molecular formula is C11H7Cl3N4O3. The Labute approximate surface area is 133 Å². The Bertz CT molecular complexity index is 693. The van der Waals surface area contributed by atoms with Gasteiger partial charge in [-0.15, -0.1) is 0 Å². The van der Waals surface area contributed by atoms with Crippen LogP contribution in [0.15, 0.2) is 24.7 Å². The number of carbonyl (C=O) groups excluding carboxylic acids is 1. The maximum atomic E-state index is 11.9. The molecule has 0 atom stereocenters. The van der Waals surface area contributed by atoms with E-state index in [1.165, 1.54) is 23.0 Å². The van der Waals surface area contributed by atoms with E-state index in [0.29, 0.717) is 5.02 Å². The summed E-state index contributed by atoms with van der Waals surface area (Å²) in [4.78, 5) is 25.2. The van der Waals surface area contributed by atoms with Gasteiger partial charge in [-0.2, -0.15) is 0 Å². The van der Waals surface area contributed by atoms with E-state index in [1.54, 1.807) is 0 Å². The molecule has 0 aliphatic heterocycles. The van der Waals surface area contributed by atoms with Crippen LogP contribution in [0.25, 0.3) is 0 Å². The predicted octanol–water partition coefficient (Wildman–Crippen LogP) is 3.39. The molecule has 110 valence electrons. The highest BCUT2D eigenvalue weighted by molar-refractivity contribution is 6.42. The van der Waals surface area contributed by atoms with Crippen molar-refractivity contribution in [1.82, 2.24) is 9.55 Å². The van der Waals surface area contributed by atoms with Gasteiger partial charge in [0.2, 0.25) is 12.2 Å². The molecule has 1 N–H and O–H groups in total. The molecule has 7 nitrogen and oxygen atoms in total. The summed E-state index contributed by atoms with van der Waals surface area (Å²) >= 11 is 17.6. The van der Waals surface area contributed by atoms with Gasteiger partial charge < -0.3 is 20.0 Å². The van der Waals surface area contributed by atoms with Crippen LogP contribution in [0.4, 0.5) is 11.5 Å². The number of anilines is 1. The van der Waals surface area contributed by atoms with Gasteiger partial charge in [-0.3, -0.25) is 4.79 Å². The first-order valence-electron chi connectivity index (χ1n) is 5.47. The Morgan fingerprint density at radius 3 is 2.48 bits per heavy atom. The average molecular weight is 350 g/mol. The van der Waals surface area contributed by atoms with Crippen LogP contribution in [-0.2, 0) is 11.3 Å². The number of nitro groups is 1. The number of rotatable bonds is 4. The van der Waals surface area contributed by atoms with Crippen molar-refractivity contribution in [3.8, 4) is 0 Å². The number of aromatic nitrogens is 2. The third-order valence-electron chi connectivity index (χ3n) is 2.40. The zero-order valence-electron chi connectivity index (χ0n) is 10.2. The molecule has 0 aliphatic rings. The number of halogens is 3. The van der Waals surface area contributed by atoms with E-state index in [-0.39, 0.29) is 28.1 Å². The van der Waals surface area contributed by atoms with Crippen molar-refractivity contribution < 1.29 is 9.72 Å². The van der Waals surface area contributed by atoms with Crippen LogP contribution in [-0.4, -0.2) is 20.4 Å². The van der Waals surface area contributed by atoms with E-state index in [4.69, 9.17) is 34.8 Å². The minimum Gasteiger partial charge on any atom is -0.358 e. The highest BCUT2D eigenvalue weighted by Gasteiger charge is 2.14. The Hall–Kier alpha value is -1.83. The fraction of sp³-hybridized carbons (Fsp3) is 0.0909. The van der Waals surface area contributed by atoms with Crippen molar-refractivity contribution in [2.75, 3.05) is 5.32 Å². The number of benzene rings is 1. The van der Waals surface area contributed by atoms with Gasteiger partial charge in [-0.1, -0.05) is 34.8 Å². The molecule has 0 bridgehead atoms. The number of imidazole rings is 1. The fourth-order valence-electron chi connectivity index (χ4n) is 1.54. The minimum atomic E-state index is -0.651. The summed E-state index contributed by atoms with van der Waals surface area (Å²) in [5.74, 6) is -0.807. The lowest BCUT2D eigenvalue weighted by atomic mass is 10.3. The zero-order valence-corrected chi connectivity index (χ0v) is 12.5. The van der Waals surface area contributed by atoms with E-state index in [0.717, 1.165) is 6.20 Å². The van der Waals surface area contributed by atoms with Gasteiger partial charge in [0, 0.05) is 5.02 Å². The third-order valence-corrected chi connectivity index (χ3v) is 3.22. The first kappa shape index (κ1) is 15.6. The molecule has 0 fully saturated rings. The van der Waals surface area contributed by atoms with Crippen molar-refractivity contribution in [1.29, 1.82) is 0 Å². The fourth-order valence-corrected chi connectivity index (χ4v) is 2.45. The molecule has 0 unspecified atom stereocenters. The molecule has 10 heteroatoms. The summed E-state index contributed by atoms with van der Waals surface area (Å²) in [7, 11) is 0. The van der Waals surface area contributed by atoms with Gasteiger partial charge >= 0.3 is 5.82 Å². The maximum absolute atomic E-state index is 11.9. The first-order valence-corrected chi connectivity index (χ1v) is 6.61. The molecule has 1 aromatic carbocycles. The maximum Gasteiger partial charge on any atom is 0.381 e. The van der Waals surface area contributed by atoms with Gasteiger partial charge in [0.1, 0.15) is 12.7 Å². The summed E-state index contributed by atoms with van der Waals surface area (Å²) in [5.41, 5.74) is 0.224. The number of nitrogens with one attached hydrogen (secondary N) is 1. The van der Waals surface area contributed by atoms with Crippen molar-refractivity contribution in [2.45, 2.75) is 6.54 Å². The van der Waals surface area contributed by atoms with Crippen molar-refractivity contribution in [3.05, 3.63) is 49.8 Å². The number of amides is 1. The average Bonchev–Trinajstić information content (AvgIpc) is 2.82. The van der Waals surface area contributed by atoms with E-state index in [9.17, 15) is 14.9 Å². The standard InChI is InChI=1S/C11H7Cl3N4O3/c12-6-1-7(13)11(8(14)2-6)16-10(19)4-17-3-9(15-5-17)18(20)21/h1-3,5H,4H2,(H,16,19). The molecule has 1 amide bonds. The monoisotopic (exact) mass is 348 g/mol. The molecule has 2 aromatic rings. The van der Waals surface area contributed by atoms with Crippen LogP contribution in [0.2, 0.25) is 15.1 Å². The first-order chi connectivity index (χ1) is 9.86. The predicted molar refractivity (Wildman–Crippen MR) is 79.0 cm³/mol. The lowest BCUT2D eigenvalue weighted by molar-refractivity contribution is -0.389. The summed E-state index contributed by atoms with van der Waals surface area (Å²) < 4.78 is 1.27. The molecule has 1 heterocycles. The molecule has 2 rings (SSSR count). The third kappa shape index (κ3) is 3.84. The molecule has 0 spiro atoms. The van der Waals surface area contributed by atoms with Crippen LogP contribution in [0.1, 0.15) is 0 Å². The van der Waals surface area contributed by atoms with Gasteiger partial charge in [0.15, 0.2) is 0 Å². The minimum absolute atomic E-state index is 0.171. The van der Waals surface area contributed by atoms with Gasteiger partial charge in [0.25, 0.3) is 0 Å². The molecule has 0 saturated carbocycles. The Kier molecular flexibility index (Phi) is 4.66. The van der Waals surface area contributed by atoms with Crippen LogP contribution >= 0.6 is 34.8 Å². The normalized spacial score (nSPS) is 10.4.